The highest BCUT2D eigenvalue weighted by atomic mass is 16.2. The molecule has 1 saturated carbocycles. The summed E-state index contributed by atoms with van der Waals surface area (Å²) in [6.45, 7) is 4.83. The standard InChI is InChI=1S/C18H23N3O/c1-13-11-17(20-19-13)18(22)21(12-15-7-6-8-15)14(2)16-9-4-3-5-10-16/h3-5,9-11,14-15H,6-8,12H2,1-2H3,(H,19,20). The Bertz CT molecular complexity index is 631. The largest absolute Gasteiger partial charge is 0.330 e. The van der Waals surface area contributed by atoms with Crippen LogP contribution in [0.5, 0.6) is 0 Å². The van der Waals surface area contributed by atoms with Gasteiger partial charge in [-0.05, 0) is 44.2 Å². The zero-order valence-electron chi connectivity index (χ0n) is 13.2. The molecule has 1 aliphatic carbocycles. The van der Waals surface area contributed by atoms with Gasteiger partial charge in [-0.25, -0.2) is 0 Å². The molecule has 1 N–H and O–H groups in total. The fourth-order valence-electron chi connectivity index (χ4n) is 2.97. The first-order valence-corrected chi connectivity index (χ1v) is 8.03. The second-order valence-electron chi connectivity index (χ2n) is 6.26. The van der Waals surface area contributed by atoms with E-state index >= 15 is 0 Å². The predicted octanol–water partition coefficient (Wildman–Crippen LogP) is 3.72. The molecule has 116 valence electrons. The Morgan fingerprint density at radius 2 is 2.09 bits per heavy atom. The topological polar surface area (TPSA) is 49.0 Å². The predicted molar refractivity (Wildman–Crippen MR) is 86.6 cm³/mol. The normalized spacial score (nSPS) is 16.1. The molecule has 1 atom stereocenters. The highest BCUT2D eigenvalue weighted by Crippen LogP contribution is 2.31. The number of nitrogens with zero attached hydrogens (tertiary/aromatic N) is 2. The Morgan fingerprint density at radius 3 is 2.64 bits per heavy atom. The molecule has 1 aliphatic rings. The second kappa shape index (κ2) is 6.34. The van der Waals surface area contributed by atoms with Crippen molar-refractivity contribution in [1.82, 2.24) is 15.1 Å². The van der Waals surface area contributed by atoms with Gasteiger partial charge in [-0.15, -0.1) is 0 Å². The van der Waals surface area contributed by atoms with Crippen LogP contribution in [-0.4, -0.2) is 27.5 Å². The van der Waals surface area contributed by atoms with Gasteiger partial charge < -0.3 is 4.90 Å². The zero-order chi connectivity index (χ0) is 15.5. The van der Waals surface area contributed by atoms with E-state index in [2.05, 4.69) is 29.3 Å². The van der Waals surface area contributed by atoms with Gasteiger partial charge in [0, 0.05) is 6.54 Å². The molecule has 4 nitrogen and oxygen atoms in total. The summed E-state index contributed by atoms with van der Waals surface area (Å²) in [7, 11) is 0. The van der Waals surface area contributed by atoms with Crippen molar-refractivity contribution < 1.29 is 4.79 Å². The molecule has 1 fully saturated rings. The lowest BCUT2D eigenvalue weighted by atomic mass is 9.84. The molecule has 0 saturated heterocycles. The average Bonchev–Trinajstić information content (AvgIpc) is 2.93. The van der Waals surface area contributed by atoms with Crippen LogP contribution in [0.4, 0.5) is 0 Å². The molecule has 0 radical (unpaired) electrons. The number of benzene rings is 1. The molecule has 0 bridgehead atoms. The molecular weight excluding hydrogens is 274 g/mol. The summed E-state index contributed by atoms with van der Waals surface area (Å²) in [5, 5.41) is 6.95. The molecule has 4 heteroatoms. The Balaban J connectivity index is 1.84. The van der Waals surface area contributed by atoms with Crippen molar-refractivity contribution in [3.63, 3.8) is 0 Å². The van der Waals surface area contributed by atoms with Crippen LogP contribution in [0.15, 0.2) is 36.4 Å². The van der Waals surface area contributed by atoms with Crippen LogP contribution in [-0.2, 0) is 0 Å². The summed E-state index contributed by atoms with van der Waals surface area (Å²) < 4.78 is 0. The summed E-state index contributed by atoms with van der Waals surface area (Å²) in [6, 6.07) is 12.1. The highest BCUT2D eigenvalue weighted by molar-refractivity contribution is 5.92. The van der Waals surface area contributed by atoms with E-state index in [1.807, 2.05) is 36.1 Å². The van der Waals surface area contributed by atoms with Gasteiger partial charge in [0.25, 0.3) is 5.91 Å². The van der Waals surface area contributed by atoms with E-state index in [4.69, 9.17) is 0 Å². The fourth-order valence-corrected chi connectivity index (χ4v) is 2.97. The van der Waals surface area contributed by atoms with Gasteiger partial charge in [0.15, 0.2) is 0 Å². The zero-order valence-corrected chi connectivity index (χ0v) is 13.2. The minimum absolute atomic E-state index is 0.0452. The average molecular weight is 297 g/mol. The van der Waals surface area contributed by atoms with Crippen molar-refractivity contribution in [2.45, 2.75) is 39.2 Å². The summed E-state index contributed by atoms with van der Waals surface area (Å²) in [4.78, 5) is 14.9. The maximum atomic E-state index is 12.9. The Hall–Kier alpha value is -2.10. The first-order chi connectivity index (χ1) is 10.6. The van der Waals surface area contributed by atoms with Crippen molar-refractivity contribution in [3.8, 4) is 0 Å². The number of amides is 1. The smallest absolute Gasteiger partial charge is 0.272 e. The molecule has 1 heterocycles. The molecule has 1 unspecified atom stereocenters. The molecule has 0 aliphatic heterocycles. The van der Waals surface area contributed by atoms with Gasteiger partial charge in [0.1, 0.15) is 5.69 Å². The number of hydrogen-bond donors (Lipinski definition) is 1. The minimum Gasteiger partial charge on any atom is -0.330 e. The van der Waals surface area contributed by atoms with Gasteiger partial charge in [-0.3, -0.25) is 9.89 Å². The SMILES string of the molecule is Cc1cc(C(=O)N(CC2CCC2)C(C)c2ccccc2)[nH]n1. The lowest BCUT2D eigenvalue weighted by Crippen LogP contribution is -2.39. The third-order valence-electron chi connectivity index (χ3n) is 4.63. The van der Waals surface area contributed by atoms with Crippen LogP contribution in [0.3, 0.4) is 0 Å². The summed E-state index contributed by atoms with van der Waals surface area (Å²) >= 11 is 0. The van der Waals surface area contributed by atoms with Crippen molar-refractivity contribution >= 4 is 5.91 Å². The Kier molecular flexibility index (Phi) is 4.27. The van der Waals surface area contributed by atoms with Crippen molar-refractivity contribution in [3.05, 3.63) is 53.3 Å². The third-order valence-corrected chi connectivity index (χ3v) is 4.63. The number of nitrogens with one attached hydrogen (secondary N) is 1. The third kappa shape index (κ3) is 3.06. The van der Waals surface area contributed by atoms with Gasteiger partial charge in [-0.1, -0.05) is 36.8 Å². The van der Waals surface area contributed by atoms with E-state index in [9.17, 15) is 4.79 Å². The van der Waals surface area contributed by atoms with Gasteiger partial charge >= 0.3 is 0 Å². The summed E-state index contributed by atoms with van der Waals surface area (Å²) in [5.74, 6) is 0.683. The van der Waals surface area contributed by atoms with Crippen molar-refractivity contribution in [2.75, 3.05) is 6.54 Å². The lowest BCUT2D eigenvalue weighted by molar-refractivity contribution is 0.0607. The van der Waals surface area contributed by atoms with Gasteiger partial charge in [0.05, 0.1) is 11.7 Å². The number of H-pyrrole nitrogens is 1. The van der Waals surface area contributed by atoms with Gasteiger partial charge in [0.2, 0.25) is 0 Å². The molecular formula is C18H23N3O. The van der Waals surface area contributed by atoms with E-state index in [1.165, 1.54) is 24.8 Å². The van der Waals surface area contributed by atoms with Crippen molar-refractivity contribution in [1.29, 1.82) is 0 Å². The quantitative estimate of drug-likeness (QED) is 0.914. The molecule has 1 amide bonds. The maximum Gasteiger partial charge on any atom is 0.272 e. The van der Waals surface area contributed by atoms with Crippen LogP contribution >= 0.6 is 0 Å². The van der Waals surface area contributed by atoms with Gasteiger partial charge in [-0.2, -0.15) is 5.10 Å². The van der Waals surface area contributed by atoms with E-state index in [0.717, 1.165) is 12.2 Å². The number of hydrogen-bond acceptors (Lipinski definition) is 2. The minimum atomic E-state index is 0.0452. The molecule has 1 aromatic heterocycles. The monoisotopic (exact) mass is 297 g/mol. The number of aryl methyl sites for hydroxylation is 1. The fraction of sp³-hybridized carbons (Fsp3) is 0.444. The molecule has 0 spiro atoms. The second-order valence-corrected chi connectivity index (χ2v) is 6.26. The Labute approximate surface area is 131 Å². The number of aromatic nitrogens is 2. The van der Waals surface area contributed by atoms with E-state index in [1.54, 1.807) is 0 Å². The lowest BCUT2D eigenvalue weighted by Gasteiger charge is -2.36. The van der Waals surface area contributed by atoms with Crippen LogP contribution in [0.25, 0.3) is 0 Å². The molecule has 3 rings (SSSR count). The maximum absolute atomic E-state index is 12.9. The van der Waals surface area contributed by atoms with Crippen LogP contribution in [0.2, 0.25) is 0 Å². The van der Waals surface area contributed by atoms with E-state index < -0.39 is 0 Å². The number of carbonyl (C=O) groups is 1. The summed E-state index contributed by atoms with van der Waals surface area (Å²) in [5.41, 5.74) is 2.60. The van der Waals surface area contributed by atoms with E-state index in [0.29, 0.717) is 11.6 Å². The van der Waals surface area contributed by atoms with Crippen LogP contribution in [0.1, 0.15) is 54.0 Å². The number of rotatable bonds is 5. The number of aromatic amines is 1. The highest BCUT2D eigenvalue weighted by Gasteiger charge is 2.29. The first-order valence-electron chi connectivity index (χ1n) is 8.03. The number of carbonyl (C=O) groups excluding carboxylic acids is 1. The van der Waals surface area contributed by atoms with E-state index in [-0.39, 0.29) is 11.9 Å². The molecule has 2 aromatic rings. The van der Waals surface area contributed by atoms with Crippen LogP contribution < -0.4 is 0 Å². The first kappa shape index (κ1) is 14.8. The Morgan fingerprint density at radius 1 is 1.36 bits per heavy atom. The molecule has 22 heavy (non-hydrogen) atoms. The van der Waals surface area contributed by atoms with Crippen LogP contribution in [0, 0.1) is 12.8 Å². The van der Waals surface area contributed by atoms with Crippen molar-refractivity contribution in [2.24, 2.45) is 5.92 Å². The summed E-state index contributed by atoms with van der Waals surface area (Å²) in [6.07, 6.45) is 3.75. The molecule has 1 aromatic carbocycles.